The van der Waals surface area contributed by atoms with Crippen molar-refractivity contribution in [2.75, 3.05) is 12.4 Å². The molecule has 0 unspecified atom stereocenters. The average molecular weight is 406 g/mol. The van der Waals surface area contributed by atoms with Crippen LogP contribution in [0.1, 0.15) is 18.4 Å². The van der Waals surface area contributed by atoms with E-state index in [4.69, 9.17) is 4.74 Å². The number of aryl methyl sites for hydroxylation is 1. The quantitative estimate of drug-likeness (QED) is 0.823. The van der Waals surface area contributed by atoms with E-state index in [0.717, 1.165) is 0 Å². The van der Waals surface area contributed by atoms with Crippen molar-refractivity contribution in [1.29, 1.82) is 0 Å². The maximum absolute atomic E-state index is 13.8. The van der Waals surface area contributed by atoms with E-state index in [9.17, 15) is 22.4 Å². The van der Waals surface area contributed by atoms with Gasteiger partial charge >= 0.3 is 0 Å². The summed E-state index contributed by atoms with van der Waals surface area (Å²) < 4.78 is 45.6. The molecule has 2 aromatic rings. The Labute approximate surface area is 162 Å². The number of carbonyl (C=O) groups is 2. The zero-order valence-corrected chi connectivity index (χ0v) is 16.1. The van der Waals surface area contributed by atoms with E-state index in [1.54, 1.807) is 6.92 Å². The Balaban J connectivity index is 1.92. The third-order valence-electron chi connectivity index (χ3n) is 4.52. The molecule has 1 atom stereocenters. The second kappa shape index (κ2) is 7.59. The smallest absolute Gasteiger partial charge is 0.267 e. The van der Waals surface area contributed by atoms with Crippen LogP contribution in [0.4, 0.5) is 10.1 Å². The SMILES string of the molecule is COc1ccc(S(=O)(=O)N2C(=O)CC[C@H]2C(=O)Nc2ccccc2F)cc1C. The third-order valence-corrected chi connectivity index (χ3v) is 6.34. The van der Waals surface area contributed by atoms with E-state index in [-0.39, 0.29) is 23.4 Å². The van der Waals surface area contributed by atoms with E-state index in [1.807, 2.05) is 0 Å². The molecule has 1 fully saturated rings. The molecular formula is C19H19FN2O5S. The Morgan fingerprint density at radius 1 is 1.25 bits per heavy atom. The second-order valence-electron chi connectivity index (χ2n) is 6.35. The van der Waals surface area contributed by atoms with Gasteiger partial charge in [0.15, 0.2) is 0 Å². The molecule has 1 heterocycles. The van der Waals surface area contributed by atoms with Crippen molar-refractivity contribution in [3.8, 4) is 5.75 Å². The molecule has 2 amide bonds. The summed E-state index contributed by atoms with van der Waals surface area (Å²) in [6, 6.07) is 8.46. The number of nitrogens with zero attached hydrogens (tertiary/aromatic N) is 1. The Hall–Kier alpha value is -2.94. The fraction of sp³-hybridized carbons (Fsp3) is 0.263. The van der Waals surface area contributed by atoms with Gasteiger partial charge in [-0.1, -0.05) is 12.1 Å². The second-order valence-corrected chi connectivity index (χ2v) is 8.16. The number of nitrogens with one attached hydrogen (secondary N) is 1. The van der Waals surface area contributed by atoms with Gasteiger partial charge in [-0.05, 0) is 49.2 Å². The highest BCUT2D eigenvalue weighted by atomic mass is 32.2. The number of methoxy groups -OCH3 is 1. The summed E-state index contributed by atoms with van der Waals surface area (Å²) in [6.07, 6.45) is -0.0722. The van der Waals surface area contributed by atoms with Gasteiger partial charge in [0, 0.05) is 6.42 Å². The van der Waals surface area contributed by atoms with E-state index in [0.29, 0.717) is 15.6 Å². The van der Waals surface area contributed by atoms with Crippen LogP contribution in [0.2, 0.25) is 0 Å². The molecule has 28 heavy (non-hydrogen) atoms. The van der Waals surface area contributed by atoms with Gasteiger partial charge in [0.1, 0.15) is 17.6 Å². The fourth-order valence-electron chi connectivity index (χ4n) is 3.10. The lowest BCUT2D eigenvalue weighted by Gasteiger charge is -2.24. The summed E-state index contributed by atoms with van der Waals surface area (Å²) in [5.74, 6) is -1.59. The van der Waals surface area contributed by atoms with Crippen molar-refractivity contribution < 1.29 is 27.1 Å². The van der Waals surface area contributed by atoms with Gasteiger partial charge in [0.2, 0.25) is 11.8 Å². The number of anilines is 1. The first-order valence-corrected chi connectivity index (χ1v) is 9.97. The van der Waals surface area contributed by atoms with Crippen LogP contribution in [0.5, 0.6) is 5.75 Å². The maximum atomic E-state index is 13.8. The largest absolute Gasteiger partial charge is 0.496 e. The number of amides is 2. The Morgan fingerprint density at radius 2 is 1.96 bits per heavy atom. The minimum Gasteiger partial charge on any atom is -0.496 e. The molecule has 0 bridgehead atoms. The van der Waals surface area contributed by atoms with Gasteiger partial charge in [-0.2, -0.15) is 0 Å². The van der Waals surface area contributed by atoms with Crippen molar-refractivity contribution in [1.82, 2.24) is 4.31 Å². The number of carbonyl (C=O) groups excluding carboxylic acids is 2. The third kappa shape index (κ3) is 3.57. The standard InChI is InChI=1S/C19H19FN2O5S/c1-12-11-13(7-9-17(12)27-2)28(25,26)22-16(8-10-18(22)23)19(24)21-15-6-4-3-5-14(15)20/h3-7,9,11,16H,8,10H2,1-2H3,(H,21,24)/t16-/m0/s1. The number of benzene rings is 2. The molecule has 0 radical (unpaired) electrons. The van der Waals surface area contributed by atoms with Crippen LogP contribution in [0.15, 0.2) is 47.4 Å². The van der Waals surface area contributed by atoms with E-state index < -0.39 is 33.7 Å². The van der Waals surface area contributed by atoms with Crippen molar-refractivity contribution in [2.24, 2.45) is 0 Å². The van der Waals surface area contributed by atoms with E-state index in [1.165, 1.54) is 49.6 Å². The van der Waals surface area contributed by atoms with Gasteiger partial charge in [0.25, 0.3) is 10.0 Å². The minimum atomic E-state index is -4.26. The van der Waals surface area contributed by atoms with Gasteiger partial charge < -0.3 is 10.1 Å². The predicted molar refractivity (Wildman–Crippen MR) is 99.8 cm³/mol. The van der Waals surface area contributed by atoms with Crippen LogP contribution in [-0.4, -0.2) is 37.7 Å². The van der Waals surface area contributed by atoms with Crippen molar-refractivity contribution >= 4 is 27.5 Å². The molecule has 0 spiro atoms. The lowest BCUT2D eigenvalue weighted by molar-refractivity contribution is -0.128. The molecule has 1 aliphatic heterocycles. The molecule has 0 aliphatic carbocycles. The predicted octanol–water partition coefficient (Wildman–Crippen LogP) is 2.46. The zero-order valence-electron chi connectivity index (χ0n) is 15.3. The van der Waals surface area contributed by atoms with Gasteiger partial charge in [-0.3, -0.25) is 9.59 Å². The Bertz CT molecular complexity index is 1040. The molecule has 1 aliphatic rings. The molecule has 9 heteroatoms. The molecule has 0 aromatic heterocycles. The number of sulfonamides is 1. The number of rotatable bonds is 5. The average Bonchev–Trinajstić information content (AvgIpc) is 3.06. The molecular weight excluding hydrogens is 387 g/mol. The number of ether oxygens (including phenoxy) is 1. The molecule has 1 saturated heterocycles. The van der Waals surface area contributed by atoms with Crippen LogP contribution in [0, 0.1) is 12.7 Å². The lowest BCUT2D eigenvalue weighted by atomic mass is 10.2. The van der Waals surface area contributed by atoms with Gasteiger partial charge in [-0.25, -0.2) is 17.1 Å². The summed E-state index contributed by atoms with van der Waals surface area (Å²) >= 11 is 0. The Kier molecular flexibility index (Phi) is 5.37. The van der Waals surface area contributed by atoms with E-state index in [2.05, 4.69) is 5.32 Å². The molecule has 7 nitrogen and oxygen atoms in total. The van der Waals surface area contributed by atoms with Gasteiger partial charge in [0.05, 0.1) is 17.7 Å². The maximum Gasteiger partial charge on any atom is 0.267 e. The topological polar surface area (TPSA) is 92.8 Å². The molecule has 0 saturated carbocycles. The molecule has 148 valence electrons. The Morgan fingerprint density at radius 3 is 2.61 bits per heavy atom. The summed E-state index contributed by atoms with van der Waals surface area (Å²) in [6.45, 7) is 1.67. The van der Waals surface area contributed by atoms with Crippen LogP contribution >= 0.6 is 0 Å². The summed E-state index contributed by atoms with van der Waals surface area (Å²) in [7, 11) is -2.80. The summed E-state index contributed by atoms with van der Waals surface area (Å²) in [4.78, 5) is 24.8. The molecule has 2 aromatic carbocycles. The van der Waals surface area contributed by atoms with Crippen molar-refractivity contribution in [3.63, 3.8) is 0 Å². The highest BCUT2D eigenvalue weighted by Gasteiger charge is 2.44. The lowest BCUT2D eigenvalue weighted by Crippen LogP contribution is -2.45. The molecule has 3 rings (SSSR count). The highest BCUT2D eigenvalue weighted by Crippen LogP contribution is 2.30. The summed E-state index contributed by atoms with van der Waals surface area (Å²) in [5, 5.41) is 2.36. The number of hydrogen-bond acceptors (Lipinski definition) is 5. The van der Waals surface area contributed by atoms with Crippen LogP contribution in [0.25, 0.3) is 0 Å². The van der Waals surface area contributed by atoms with Gasteiger partial charge in [-0.15, -0.1) is 0 Å². The monoisotopic (exact) mass is 406 g/mol. The first-order valence-electron chi connectivity index (χ1n) is 8.53. The van der Waals surface area contributed by atoms with E-state index >= 15 is 0 Å². The van der Waals surface area contributed by atoms with Crippen LogP contribution in [-0.2, 0) is 19.6 Å². The van der Waals surface area contributed by atoms with Crippen molar-refractivity contribution in [3.05, 3.63) is 53.8 Å². The number of hydrogen-bond donors (Lipinski definition) is 1. The zero-order chi connectivity index (χ0) is 20.5. The van der Waals surface area contributed by atoms with Crippen LogP contribution < -0.4 is 10.1 Å². The first-order chi connectivity index (χ1) is 13.3. The first kappa shape index (κ1) is 19.8. The highest BCUT2D eigenvalue weighted by molar-refractivity contribution is 7.89. The minimum absolute atomic E-state index is 0.0213. The normalized spacial score (nSPS) is 16.9. The number of para-hydroxylation sites is 1. The molecule has 1 N–H and O–H groups in total. The fourth-order valence-corrected chi connectivity index (χ4v) is 4.79. The summed E-state index contributed by atoms with van der Waals surface area (Å²) in [5.41, 5.74) is 0.493. The number of halogens is 1. The van der Waals surface area contributed by atoms with Crippen molar-refractivity contribution in [2.45, 2.75) is 30.7 Å². The van der Waals surface area contributed by atoms with Crippen LogP contribution in [0.3, 0.4) is 0 Å².